The van der Waals surface area contributed by atoms with Gasteiger partial charge in [-0.2, -0.15) is 0 Å². The molecule has 1 aromatic rings. The summed E-state index contributed by atoms with van der Waals surface area (Å²) < 4.78 is 5.77. The SMILES string of the molecule is CC(=O)N1CCC(Oc2cccc(O)c2)CC1. The Kier molecular flexibility index (Phi) is 3.52. The molecule has 1 amide bonds. The molecule has 0 saturated carbocycles. The Labute approximate surface area is 101 Å². The van der Waals surface area contributed by atoms with Gasteiger partial charge in [-0.3, -0.25) is 4.79 Å². The zero-order chi connectivity index (χ0) is 12.3. The first-order valence-corrected chi connectivity index (χ1v) is 5.86. The number of rotatable bonds is 2. The van der Waals surface area contributed by atoms with Gasteiger partial charge in [0.25, 0.3) is 0 Å². The minimum atomic E-state index is 0.126. The van der Waals surface area contributed by atoms with Gasteiger partial charge in [-0.15, -0.1) is 0 Å². The van der Waals surface area contributed by atoms with Crippen LogP contribution < -0.4 is 4.74 Å². The highest BCUT2D eigenvalue weighted by molar-refractivity contribution is 5.73. The van der Waals surface area contributed by atoms with Gasteiger partial charge in [0.15, 0.2) is 0 Å². The number of phenolic OH excluding ortho intramolecular Hbond substituents is 1. The molecular weight excluding hydrogens is 218 g/mol. The second-order valence-corrected chi connectivity index (χ2v) is 4.32. The molecule has 4 heteroatoms. The first kappa shape index (κ1) is 11.8. The van der Waals surface area contributed by atoms with Crippen molar-refractivity contribution in [2.45, 2.75) is 25.9 Å². The van der Waals surface area contributed by atoms with Crippen LogP contribution in [0.1, 0.15) is 19.8 Å². The third kappa shape index (κ3) is 3.12. The van der Waals surface area contributed by atoms with Gasteiger partial charge in [0.2, 0.25) is 5.91 Å². The number of likely N-dealkylation sites (tertiary alicyclic amines) is 1. The lowest BCUT2D eigenvalue weighted by Crippen LogP contribution is -2.40. The molecule has 0 aromatic heterocycles. The molecule has 17 heavy (non-hydrogen) atoms. The molecule has 1 aliphatic heterocycles. The molecule has 4 nitrogen and oxygen atoms in total. The lowest BCUT2D eigenvalue weighted by Gasteiger charge is -2.31. The molecule has 1 aliphatic rings. The second kappa shape index (κ2) is 5.08. The van der Waals surface area contributed by atoms with Crippen molar-refractivity contribution in [1.29, 1.82) is 0 Å². The van der Waals surface area contributed by atoms with E-state index in [2.05, 4.69) is 0 Å². The number of carbonyl (C=O) groups is 1. The number of hydrogen-bond acceptors (Lipinski definition) is 3. The highest BCUT2D eigenvalue weighted by Gasteiger charge is 2.21. The summed E-state index contributed by atoms with van der Waals surface area (Å²) in [5, 5.41) is 9.32. The van der Waals surface area contributed by atoms with Crippen LogP contribution in [0.5, 0.6) is 11.5 Å². The molecule has 1 aromatic carbocycles. The number of hydrogen-bond donors (Lipinski definition) is 1. The molecule has 92 valence electrons. The Morgan fingerprint density at radius 1 is 1.41 bits per heavy atom. The molecule has 0 bridgehead atoms. The van der Waals surface area contributed by atoms with E-state index < -0.39 is 0 Å². The molecule has 0 unspecified atom stereocenters. The monoisotopic (exact) mass is 235 g/mol. The Balaban J connectivity index is 1.88. The molecule has 1 heterocycles. The van der Waals surface area contributed by atoms with Crippen molar-refractivity contribution in [3.8, 4) is 11.5 Å². The van der Waals surface area contributed by atoms with E-state index in [1.54, 1.807) is 25.1 Å². The van der Waals surface area contributed by atoms with E-state index in [1.165, 1.54) is 0 Å². The Morgan fingerprint density at radius 2 is 2.12 bits per heavy atom. The van der Waals surface area contributed by atoms with Crippen molar-refractivity contribution in [2.24, 2.45) is 0 Å². The lowest BCUT2D eigenvalue weighted by molar-refractivity contribution is -0.130. The largest absolute Gasteiger partial charge is 0.508 e. The molecule has 0 spiro atoms. The van der Waals surface area contributed by atoms with E-state index in [0.29, 0.717) is 5.75 Å². The van der Waals surface area contributed by atoms with Gasteiger partial charge in [-0.05, 0) is 12.1 Å². The fraction of sp³-hybridized carbons (Fsp3) is 0.462. The van der Waals surface area contributed by atoms with Gasteiger partial charge in [0.1, 0.15) is 17.6 Å². The van der Waals surface area contributed by atoms with Gasteiger partial charge in [-0.25, -0.2) is 0 Å². The Bertz CT molecular complexity index is 397. The van der Waals surface area contributed by atoms with E-state index in [1.807, 2.05) is 11.0 Å². The molecule has 0 atom stereocenters. The second-order valence-electron chi connectivity index (χ2n) is 4.32. The van der Waals surface area contributed by atoms with Gasteiger partial charge >= 0.3 is 0 Å². The summed E-state index contributed by atoms with van der Waals surface area (Å²) in [4.78, 5) is 13.0. The van der Waals surface area contributed by atoms with Crippen LogP contribution >= 0.6 is 0 Å². The van der Waals surface area contributed by atoms with Crippen LogP contribution in [0.4, 0.5) is 0 Å². The standard InChI is InChI=1S/C13H17NO3/c1-10(15)14-7-5-12(6-8-14)17-13-4-2-3-11(16)9-13/h2-4,9,12,16H,5-8H2,1H3. The number of phenols is 1. The van der Waals surface area contributed by atoms with Gasteiger partial charge in [0, 0.05) is 38.9 Å². The highest BCUT2D eigenvalue weighted by atomic mass is 16.5. The molecule has 0 aliphatic carbocycles. The summed E-state index contributed by atoms with van der Waals surface area (Å²) in [5.74, 6) is 1.02. The lowest BCUT2D eigenvalue weighted by atomic mass is 10.1. The van der Waals surface area contributed by atoms with Gasteiger partial charge in [-0.1, -0.05) is 6.07 Å². The number of ether oxygens (including phenoxy) is 1. The first-order valence-electron chi connectivity index (χ1n) is 5.86. The van der Waals surface area contributed by atoms with Crippen LogP contribution in [0.3, 0.4) is 0 Å². The molecule has 0 radical (unpaired) electrons. The van der Waals surface area contributed by atoms with Crippen LogP contribution in [0.15, 0.2) is 24.3 Å². The van der Waals surface area contributed by atoms with Gasteiger partial charge < -0.3 is 14.7 Å². The summed E-state index contributed by atoms with van der Waals surface area (Å²) in [6.45, 7) is 3.09. The number of benzene rings is 1. The van der Waals surface area contributed by atoms with Crippen molar-refractivity contribution in [2.75, 3.05) is 13.1 Å². The summed E-state index contributed by atoms with van der Waals surface area (Å²) in [6.07, 6.45) is 1.82. The van der Waals surface area contributed by atoms with Crippen molar-refractivity contribution in [3.05, 3.63) is 24.3 Å². The predicted octanol–water partition coefficient (Wildman–Crippen LogP) is 1.78. The smallest absolute Gasteiger partial charge is 0.219 e. The van der Waals surface area contributed by atoms with Crippen LogP contribution in [0.25, 0.3) is 0 Å². The normalized spacial score (nSPS) is 16.9. The molecule has 1 fully saturated rings. The van der Waals surface area contributed by atoms with Crippen molar-refractivity contribution in [3.63, 3.8) is 0 Å². The average Bonchev–Trinajstić information content (AvgIpc) is 2.29. The van der Waals surface area contributed by atoms with Crippen molar-refractivity contribution in [1.82, 2.24) is 4.90 Å². The quantitative estimate of drug-likeness (QED) is 0.850. The van der Waals surface area contributed by atoms with E-state index in [4.69, 9.17) is 4.74 Å². The Hall–Kier alpha value is -1.71. The summed E-state index contributed by atoms with van der Waals surface area (Å²) in [6, 6.07) is 6.81. The van der Waals surface area contributed by atoms with E-state index in [0.717, 1.165) is 25.9 Å². The number of amides is 1. The maximum Gasteiger partial charge on any atom is 0.219 e. The Morgan fingerprint density at radius 3 is 2.71 bits per heavy atom. The molecular formula is C13H17NO3. The third-order valence-electron chi connectivity index (χ3n) is 3.01. The average molecular weight is 235 g/mol. The number of aromatic hydroxyl groups is 1. The van der Waals surface area contributed by atoms with Crippen LogP contribution in [-0.4, -0.2) is 35.1 Å². The van der Waals surface area contributed by atoms with E-state index in [-0.39, 0.29) is 17.8 Å². The zero-order valence-electron chi connectivity index (χ0n) is 9.93. The van der Waals surface area contributed by atoms with Crippen LogP contribution in [-0.2, 0) is 4.79 Å². The van der Waals surface area contributed by atoms with Crippen LogP contribution in [0.2, 0.25) is 0 Å². The minimum Gasteiger partial charge on any atom is -0.508 e. The minimum absolute atomic E-state index is 0.126. The molecule has 1 saturated heterocycles. The summed E-state index contributed by atoms with van der Waals surface area (Å²) in [7, 11) is 0. The summed E-state index contributed by atoms with van der Waals surface area (Å²) in [5.41, 5.74) is 0. The van der Waals surface area contributed by atoms with E-state index in [9.17, 15) is 9.90 Å². The third-order valence-corrected chi connectivity index (χ3v) is 3.01. The zero-order valence-corrected chi connectivity index (χ0v) is 9.93. The predicted molar refractivity (Wildman–Crippen MR) is 64.0 cm³/mol. The fourth-order valence-corrected chi connectivity index (χ4v) is 2.04. The number of carbonyl (C=O) groups excluding carboxylic acids is 1. The number of piperidine rings is 1. The van der Waals surface area contributed by atoms with Crippen LogP contribution in [0, 0.1) is 0 Å². The van der Waals surface area contributed by atoms with Crippen molar-refractivity contribution >= 4 is 5.91 Å². The van der Waals surface area contributed by atoms with Crippen molar-refractivity contribution < 1.29 is 14.6 Å². The number of nitrogens with zero attached hydrogens (tertiary/aromatic N) is 1. The van der Waals surface area contributed by atoms with Gasteiger partial charge in [0.05, 0.1) is 0 Å². The first-order chi connectivity index (χ1) is 8.15. The fourth-order valence-electron chi connectivity index (χ4n) is 2.04. The topological polar surface area (TPSA) is 49.8 Å². The van der Waals surface area contributed by atoms with E-state index >= 15 is 0 Å². The maximum absolute atomic E-state index is 11.2. The summed E-state index contributed by atoms with van der Waals surface area (Å²) >= 11 is 0. The maximum atomic E-state index is 11.2. The highest BCUT2D eigenvalue weighted by Crippen LogP contribution is 2.22. The molecule has 1 N–H and O–H groups in total. The molecule has 2 rings (SSSR count).